The Bertz CT molecular complexity index is 1460. The molecular formula is C30H22N3OPd-. The van der Waals surface area contributed by atoms with Crippen LogP contribution in [0.2, 0.25) is 0 Å². The van der Waals surface area contributed by atoms with Crippen molar-refractivity contribution < 1.29 is 25.5 Å². The van der Waals surface area contributed by atoms with Gasteiger partial charge in [0.05, 0.1) is 16.6 Å². The van der Waals surface area contributed by atoms with Crippen LogP contribution in [-0.2, 0) is 20.4 Å². The Kier molecular flexibility index (Phi) is 7.85. The monoisotopic (exact) mass is 546 g/mol. The van der Waals surface area contributed by atoms with Crippen LogP contribution in [0.15, 0.2) is 128 Å². The maximum Gasteiger partial charge on any atom is 0.149 e. The molecule has 0 aliphatic heterocycles. The second-order valence-electron chi connectivity index (χ2n) is 7.60. The fourth-order valence-corrected chi connectivity index (χ4v) is 3.78. The van der Waals surface area contributed by atoms with Crippen LogP contribution < -0.4 is 0 Å². The minimum Gasteiger partial charge on any atom is -0.507 e. The van der Waals surface area contributed by atoms with E-state index in [1.807, 2.05) is 115 Å². The molecule has 0 spiro atoms. The van der Waals surface area contributed by atoms with Gasteiger partial charge >= 0.3 is 0 Å². The Morgan fingerprint density at radius 2 is 1.40 bits per heavy atom. The molecule has 2 aromatic heterocycles. The Morgan fingerprint density at radius 3 is 2.14 bits per heavy atom. The molecule has 35 heavy (non-hydrogen) atoms. The topological polar surface area (TPSA) is 50.9 Å². The second-order valence-corrected chi connectivity index (χ2v) is 7.60. The molecule has 5 heteroatoms. The molecule has 0 saturated carbocycles. The van der Waals surface area contributed by atoms with Crippen LogP contribution in [0.25, 0.3) is 39.4 Å². The van der Waals surface area contributed by atoms with Crippen LogP contribution in [0.1, 0.15) is 0 Å². The molecule has 0 unspecified atom stereocenters. The maximum absolute atomic E-state index is 10.2. The smallest absolute Gasteiger partial charge is 0.149 e. The minimum atomic E-state index is 0. The first kappa shape index (κ1) is 24.1. The zero-order chi connectivity index (χ0) is 23.2. The average Bonchev–Trinajstić information content (AvgIpc) is 3.30. The number of hydrogen-bond donors (Lipinski definition) is 1. The van der Waals surface area contributed by atoms with Gasteiger partial charge in [-0.25, -0.2) is 4.98 Å². The molecule has 4 aromatic carbocycles. The SMILES string of the molecule is Oc1ccccc1-c1nc2ccccc2n1-c1ccccc1.[Pd].[c-]1ccccc1-c1ccccn1. The van der Waals surface area contributed by atoms with E-state index in [4.69, 9.17) is 4.98 Å². The van der Waals surface area contributed by atoms with Crippen molar-refractivity contribution in [3.8, 4) is 34.1 Å². The van der Waals surface area contributed by atoms with E-state index in [1.54, 1.807) is 12.3 Å². The Hall–Kier alpha value is -4.04. The van der Waals surface area contributed by atoms with Gasteiger partial charge in [-0.1, -0.05) is 54.6 Å². The van der Waals surface area contributed by atoms with Crippen molar-refractivity contribution >= 4 is 11.0 Å². The zero-order valence-corrected chi connectivity index (χ0v) is 20.3. The van der Waals surface area contributed by atoms with Gasteiger partial charge in [0.2, 0.25) is 0 Å². The molecule has 0 amide bonds. The third-order valence-corrected chi connectivity index (χ3v) is 5.37. The van der Waals surface area contributed by atoms with Crippen LogP contribution in [0.4, 0.5) is 0 Å². The fourth-order valence-electron chi connectivity index (χ4n) is 3.78. The van der Waals surface area contributed by atoms with Crippen molar-refractivity contribution in [2.24, 2.45) is 0 Å². The number of aromatic hydroxyl groups is 1. The molecule has 0 bridgehead atoms. The number of nitrogens with zero attached hydrogens (tertiary/aromatic N) is 3. The molecule has 0 aliphatic rings. The van der Waals surface area contributed by atoms with Gasteiger partial charge in [-0.3, -0.25) is 4.57 Å². The van der Waals surface area contributed by atoms with Crippen LogP contribution in [0, 0.1) is 6.07 Å². The second kappa shape index (κ2) is 11.4. The first-order valence-electron chi connectivity index (χ1n) is 11.0. The summed E-state index contributed by atoms with van der Waals surface area (Å²) in [4.78, 5) is 8.94. The van der Waals surface area contributed by atoms with Gasteiger partial charge in [-0.15, -0.1) is 35.9 Å². The first-order valence-corrected chi connectivity index (χ1v) is 11.0. The van der Waals surface area contributed by atoms with Gasteiger partial charge in [0, 0.05) is 32.3 Å². The summed E-state index contributed by atoms with van der Waals surface area (Å²) in [6.07, 6.45) is 1.79. The predicted molar refractivity (Wildman–Crippen MR) is 137 cm³/mol. The number of phenolic OH excluding ortho intramolecular Hbond substituents is 1. The predicted octanol–water partition coefficient (Wildman–Crippen LogP) is 6.94. The molecule has 0 fully saturated rings. The van der Waals surface area contributed by atoms with Crippen molar-refractivity contribution in [1.82, 2.24) is 14.5 Å². The standard InChI is InChI=1S/C19H14N2O.C11H8N.Pd/c22-18-13-7-4-10-15(18)19-20-16-11-5-6-12-17(16)21(19)14-8-2-1-3-9-14;1-2-6-10(7-3-1)11-8-4-5-9-12-11;/h1-13,22H;1-6,8-9H;/q;-1;. The number of fused-ring (bicyclic) bond motifs is 1. The van der Waals surface area contributed by atoms with E-state index < -0.39 is 0 Å². The summed E-state index contributed by atoms with van der Waals surface area (Å²) in [6, 6.07) is 42.2. The van der Waals surface area contributed by atoms with E-state index in [9.17, 15) is 5.11 Å². The van der Waals surface area contributed by atoms with E-state index >= 15 is 0 Å². The van der Waals surface area contributed by atoms with E-state index in [2.05, 4.69) is 15.6 Å². The van der Waals surface area contributed by atoms with E-state index in [0.717, 1.165) is 39.4 Å². The molecule has 0 radical (unpaired) electrons. The van der Waals surface area contributed by atoms with E-state index in [-0.39, 0.29) is 26.2 Å². The normalized spacial score (nSPS) is 10.2. The van der Waals surface area contributed by atoms with Crippen LogP contribution >= 0.6 is 0 Å². The van der Waals surface area contributed by atoms with E-state index in [1.165, 1.54) is 0 Å². The summed E-state index contributed by atoms with van der Waals surface area (Å²) in [5.74, 6) is 0.973. The molecule has 6 aromatic rings. The molecule has 1 N–H and O–H groups in total. The molecule has 0 aliphatic carbocycles. The largest absolute Gasteiger partial charge is 0.507 e. The summed E-state index contributed by atoms with van der Waals surface area (Å²) in [5, 5.41) is 10.2. The van der Waals surface area contributed by atoms with Crippen molar-refractivity contribution in [3.63, 3.8) is 0 Å². The van der Waals surface area contributed by atoms with Crippen molar-refractivity contribution in [3.05, 3.63) is 134 Å². The number of rotatable bonds is 3. The third kappa shape index (κ3) is 5.38. The fraction of sp³-hybridized carbons (Fsp3) is 0. The minimum absolute atomic E-state index is 0. The van der Waals surface area contributed by atoms with Crippen LogP contribution in [-0.4, -0.2) is 19.6 Å². The van der Waals surface area contributed by atoms with Gasteiger partial charge < -0.3 is 10.1 Å². The number of hydrogen-bond acceptors (Lipinski definition) is 3. The van der Waals surface area contributed by atoms with Gasteiger partial charge in [0.1, 0.15) is 11.6 Å². The molecule has 174 valence electrons. The number of pyridine rings is 1. The maximum atomic E-state index is 10.2. The number of phenols is 1. The van der Waals surface area contributed by atoms with Gasteiger partial charge in [-0.2, -0.15) is 0 Å². The molecular weight excluding hydrogens is 525 g/mol. The summed E-state index contributed by atoms with van der Waals surface area (Å²) < 4.78 is 2.07. The summed E-state index contributed by atoms with van der Waals surface area (Å²) in [6.45, 7) is 0. The quantitative estimate of drug-likeness (QED) is 0.193. The average molecular weight is 547 g/mol. The molecule has 0 atom stereocenters. The van der Waals surface area contributed by atoms with Crippen molar-refractivity contribution in [2.45, 2.75) is 0 Å². The Labute approximate surface area is 218 Å². The summed E-state index contributed by atoms with van der Waals surface area (Å²) in [5.41, 5.74) is 5.68. The Morgan fingerprint density at radius 1 is 0.686 bits per heavy atom. The number of benzene rings is 4. The van der Waals surface area contributed by atoms with Gasteiger partial charge in [0.15, 0.2) is 0 Å². The first-order chi connectivity index (χ1) is 16.8. The van der Waals surface area contributed by atoms with Gasteiger partial charge in [-0.05, 0) is 48.2 Å². The van der Waals surface area contributed by atoms with Crippen molar-refractivity contribution in [2.75, 3.05) is 0 Å². The summed E-state index contributed by atoms with van der Waals surface area (Å²) >= 11 is 0. The molecule has 4 nitrogen and oxygen atoms in total. The third-order valence-electron chi connectivity index (χ3n) is 5.37. The zero-order valence-electron chi connectivity index (χ0n) is 18.7. The molecule has 2 heterocycles. The van der Waals surface area contributed by atoms with E-state index in [0.29, 0.717) is 0 Å². The van der Waals surface area contributed by atoms with Crippen molar-refractivity contribution in [1.29, 1.82) is 0 Å². The molecule has 6 rings (SSSR count). The summed E-state index contributed by atoms with van der Waals surface area (Å²) in [7, 11) is 0. The molecule has 0 saturated heterocycles. The van der Waals surface area contributed by atoms with Crippen LogP contribution in [0.3, 0.4) is 0 Å². The van der Waals surface area contributed by atoms with Crippen LogP contribution in [0.5, 0.6) is 5.75 Å². The Balaban J connectivity index is 0.000000189. The van der Waals surface area contributed by atoms with Gasteiger partial charge in [0.25, 0.3) is 0 Å². The number of para-hydroxylation sites is 4. The number of aromatic nitrogens is 3. The number of imidazole rings is 1.